The Hall–Kier alpha value is -2.89. The molecule has 1 amide bonds. The van der Waals surface area contributed by atoms with Gasteiger partial charge in [-0.2, -0.15) is 0 Å². The molecule has 1 saturated carbocycles. The van der Waals surface area contributed by atoms with Crippen LogP contribution in [0.15, 0.2) is 41.3 Å². The van der Waals surface area contributed by atoms with Crippen molar-refractivity contribution in [3.63, 3.8) is 0 Å². The van der Waals surface area contributed by atoms with Crippen LogP contribution >= 0.6 is 0 Å². The number of oxazole rings is 1. The maximum atomic E-state index is 12.2. The zero-order valence-corrected chi connectivity index (χ0v) is 18.2. The van der Waals surface area contributed by atoms with Crippen LogP contribution in [0.5, 0.6) is 0 Å². The number of nitrogens with zero attached hydrogens (tertiary/aromatic N) is 2. The average Bonchev–Trinajstić information content (AvgIpc) is 3.24. The zero-order valence-electron chi connectivity index (χ0n) is 18.2. The Morgan fingerprint density at radius 3 is 2.50 bits per heavy atom. The molecule has 1 aliphatic rings. The molecule has 0 unspecified atom stereocenters. The smallest absolute Gasteiger partial charge is 0.288 e. The van der Waals surface area contributed by atoms with Crippen LogP contribution in [0.1, 0.15) is 68.3 Å². The fourth-order valence-electron chi connectivity index (χ4n) is 4.03. The zero-order chi connectivity index (χ0) is 21.3. The molecule has 2 heterocycles. The molecule has 6 heteroatoms. The van der Waals surface area contributed by atoms with Crippen molar-refractivity contribution < 1.29 is 9.21 Å². The van der Waals surface area contributed by atoms with E-state index in [2.05, 4.69) is 67.6 Å². The molecule has 158 valence electrons. The molecule has 0 bridgehead atoms. The van der Waals surface area contributed by atoms with E-state index in [0.717, 1.165) is 42.6 Å². The highest BCUT2D eigenvalue weighted by molar-refractivity contribution is 5.92. The SMILES string of the molecule is Cc1ccc2nc(C(C)(C)C)cc(NC3CCC(NC(=O)c4cnco4)CC3)c2c1. The van der Waals surface area contributed by atoms with Gasteiger partial charge in [0.1, 0.15) is 0 Å². The van der Waals surface area contributed by atoms with E-state index in [1.165, 1.54) is 23.5 Å². The lowest BCUT2D eigenvalue weighted by atomic mass is 9.89. The van der Waals surface area contributed by atoms with Gasteiger partial charge in [0, 0.05) is 34.3 Å². The summed E-state index contributed by atoms with van der Waals surface area (Å²) >= 11 is 0. The summed E-state index contributed by atoms with van der Waals surface area (Å²) in [5.74, 6) is 0.0814. The molecular formula is C24H30N4O2. The van der Waals surface area contributed by atoms with Crippen molar-refractivity contribution in [1.29, 1.82) is 0 Å². The van der Waals surface area contributed by atoms with Gasteiger partial charge < -0.3 is 15.1 Å². The molecule has 0 saturated heterocycles. The third-order valence-corrected chi connectivity index (χ3v) is 5.81. The Bertz CT molecular complexity index is 1030. The Morgan fingerprint density at radius 1 is 1.10 bits per heavy atom. The number of amides is 1. The first-order valence-corrected chi connectivity index (χ1v) is 10.7. The van der Waals surface area contributed by atoms with Gasteiger partial charge in [-0.1, -0.05) is 32.4 Å². The van der Waals surface area contributed by atoms with E-state index in [4.69, 9.17) is 9.40 Å². The van der Waals surface area contributed by atoms with Crippen LogP contribution in [0.25, 0.3) is 10.9 Å². The summed E-state index contributed by atoms with van der Waals surface area (Å²) in [4.78, 5) is 20.9. The van der Waals surface area contributed by atoms with Crippen molar-refractivity contribution >= 4 is 22.5 Å². The van der Waals surface area contributed by atoms with Crippen LogP contribution in [0, 0.1) is 6.92 Å². The lowest BCUT2D eigenvalue weighted by Gasteiger charge is -2.31. The summed E-state index contributed by atoms with van der Waals surface area (Å²) in [5.41, 5.74) is 4.49. The molecule has 3 aromatic rings. The molecule has 0 radical (unpaired) electrons. The molecule has 4 rings (SSSR count). The molecule has 0 spiro atoms. The first kappa shape index (κ1) is 20.4. The van der Waals surface area contributed by atoms with Gasteiger partial charge in [-0.25, -0.2) is 4.98 Å². The molecule has 0 aliphatic heterocycles. The van der Waals surface area contributed by atoms with E-state index in [9.17, 15) is 4.79 Å². The second kappa shape index (κ2) is 8.09. The number of rotatable bonds is 4. The lowest BCUT2D eigenvalue weighted by molar-refractivity contribution is 0.0898. The van der Waals surface area contributed by atoms with Gasteiger partial charge in [0.15, 0.2) is 6.39 Å². The monoisotopic (exact) mass is 406 g/mol. The lowest BCUT2D eigenvalue weighted by Crippen LogP contribution is -2.40. The van der Waals surface area contributed by atoms with E-state index in [0.29, 0.717) is 6.04 Å². The molecule has 2 N–H and O–H groups in total. The second-order valence-electron chi connectivity index (χ2n) is 9.36. The number of fused-ring (bicyclic) bond motifs is 1. The van der Waals surface area contributed by atoms with Crippen molar-refractivity contribution in [2.75, 3.05) is 5.32 Å². The van der Waals surface area contributed by atoms with E-state index in [1.807, 2.05) is 0 Å². The Balaban J connectivity index is 1.47. The molecular weight excluding hydrogens is 376 g/mol. The van der Waals surface area contributed by atoms with E-state index >= 15 is 0 Å². The summed E-state index contributed by atoms with van der Waals surface area (Å²) < 4.78 is 5.08. The number of hydrogen-bond acceptors (Lipinski definition) is 5. The predicted molar refractivity (Wildman–Crippen MR) is 119 cm³/mol. The fraction of sp³-hybridized carbons (Fsp3) is 0.458. The Labute approximate surface area is 177 Å². The van der Waals surface area contributed by atoms with Crippen molar-refractivity contribution in [1.82, 2.24) is 15.3 Å². The second-order valence-corrected chi connectivity index (χ2v) is 9.36. The van der Waals surface area contributed by atoms with E-state index in [1.54, 1.807) is 0 Å². The van der Waals surface area contributed by atoms with E-state index in [-0.39, 0.29) is 23.1 Å². The van der Waals surface area contributed by atoms with Gasteiger partial charge in [0.25, 0.3) is 5.91 Å². The first-order chi connectivity index (χ1) is 14.3. The highest BCUT2D eigenvalue weighted by atomic mass is 16.3. The van der Waals surface area contributed by atoms with Gasteiger partial charge >= 0.3 is 0 Å². The van der Waals surface area contributed by atoms with Crippen LogP contribution in [0.3, 0.4) is 0 Å². The minimum Gasteiger partial charge on any atom is -0.438 e. The molecule has 1 aliphatic carbocycles. The molecule has 1 aromatic carbocycles. The summed E-state index contributed by atoms with van der Waals surface area (Å²) in [7, 11) is 0. The standard InChI is InChI=1S/C24H30N4O2/c1-15-5-10-19-18(11-15)20(12-22(28-19)24(2,3)4)26-16-6-8-17(9-7-16)27-23(29)21-13-25-14-30-21/h5,10-14,16-17H,6-9H2,1-4H3,(H,26,28)(H,27,29). The summed E-state index contributed by atoms with van der Waals surface area (Å²) in [6.45, 7) is 8.70. The highest BCUT2D eigenvalue weighted by Crippen LogP contribution is 2.32. The molecule has 0 atom stereocenters. The number of anilines is 1. The minimum atomic E-state index is -0.186. The quantitative estimate of drug-likeness (QED) is 0.639. The van der Waals surface area contributed by atoms with E-state index < -0.39 is 0 Å². The van der Waals surface area contributed by atoms with Crippen LogP contribution in [-0.2, 0) is 5.41 Å². The van der Waals surface area contributed by atoms with Crippen molar-refractivity contribution in [3.05, 3.63) is 53.9 Å². The van der Waals surface area contributed by atoms with Gasteiger partial charge in [-0.3, -0.25) is 9.78 Å². The van der Waals surface area contributed by atoms with Crippen molar-refractivity contribution in [2.45, 2.75) is 70.9 Å². The molecule has 2 aromatic heterocycles. The third-order valence-electron chi connectivity index (χ3n) is 5.81. The maximum absolute atomic E-state index is 12.2. The summed E-state index contributed by atoms with van der Waals surface area (Å²) in [6.07, 6.45) is 6.61. The molecule has 1 fully saturated rings. The third kappa shape index (κ3) is 4.48. The van der Waals surface area contributed by atoms with Crippen LogP contribution in [0.2, 0.25) is 0 Å². The summed E-state index contributed by atoms with van der Waals surface area (Å²) in [5, 5.41) is 8.02. The number of carbonyl (C=O) groups excluding carboxylic acids is 1. The molecule has 30 heavy (non-hydrogen) atoms. The average molecular weight is 407 g/mol. The van der Waals surface area contributed by atoms with Crippen LogP contribution in [0.4, 0.5) is 5.69 Å². The maximum Gasteiger partial charge on any atom is 0.288 e. The Morgan fingerprint density at radius 2 is 1.83 bits per heavy atom. The van der Waals surface area contributed by atoms with Gasteiger partial charge in [-0.05, 0) is 50.8 Å². The number of pyridine rings is 1. The number of nitrogens with one attached hydrogen (secondary N) is 2. The normalized spacial score (nSPS) is 19.6. The highest BCUT2D eigenvalue weighted by Gasteiger charge is 2.25. The first-order valence-electron chi connectivity index (χ1n) is 10.7. The fourth-order valence-corrected chi connectivity index (χ4v) is 4.03. The van der Waals surface area contributed by atoms with Crippen molar-refractivity contribution in [2.24, 2.45) is 0 Å². The number of aromatic nitrogens is 2. The largest absolute Gasteiger partial charge is 0.438 e. The van der Waals surface area contributed by atoms with Gasteiger partial charge in [-0.15, -0.1) is 0 Å². The van der Waals surface area contributed by atoms with Crippen LogP contribution < -0.4 is 10.6 Å². The topological polar surface area (TPSA) is 80.0 Å². The number of aryl methyl sites for hydroxylation is 1. The predicted octanol–water partition coefficient (Wildman–Crippen LogP) is 4.98. The number of benzene rings is 1. The number of carbonyl (C=O) groups is 1. The number of hydrogen-bond donors (Lipinski definition) is 2. The summed E-state index contributed by atoms with van der Waals surface area (Å²) in [6, 6.07) is 9.19. The van der Waals surface area contributed by atoms with Crippen molar-refractivity contribution in [3.8, 4) is 0 Å². The van der Waals surface area contributed by atoms with Crippen LogP contribution in [-0.4, -0.2) is 28.0 Å². The minimum absolute atomic E-state index is 0.0157. The van der Waals surface area contributed by atoms with Gasteiger partial charge in [0.05, 0.1) is 11.7 Å². The van der Waals surface area contributed by atoms with Gasteiger partial charge in [0.2, 0.25) is 5.76 Å². The Kier molecular flexibility index (Phi) is 5.50. The molecule has 6 nitrogen and oxygen atoms in total.